The molecule has 1 saturated carbocycles. The predicted octanol–water partition coefficient (Wildman–Crippen LogP) is 1.71. The first kappa shape index (κ1) is 19.7. The number of carbonyl (C=O) groups excluding carboxylic acids is 2. The number of carboxylic acid groups (broad SMARTS) is 1. The van der Waals surface area contributed by atoms with Crippen LogP contribution in [0.3, 0.4) is 0 Å². The molecule has 0 saturated heterocycles. The molecule has 1 atom stereocenters. The molecule has 1 aromatic rings. The summed E-state index contributed by atoms with van der Waals surface area (Å²) in [5.74, 6) is -1.56. The average molecular weight is 363 g/mol. The number of carbonyl (C=O) groups is 3. The second-order valence-corrected chi connectivity index (χ2v) is 6.77. The van der Waals surface area contributed by atoms with Crippen molar-refractivity contribution in [3.05, 3.63) is 29.8 Å². The van der Waals surface area contributed by atoms with Crippen molar-refractivity contribution in [1.29, 1.82) is 0 Å². The molecule has 1 aliphatic rings. The standard InChI is InChI=1S/C18H25N3O5/c1-18(26,16(23)24)11-19-17(25)21-14-9-7-12(8-10-14)15(22)20-13-5-3-2-4-6-13/h7-10,13,26H,2-6,11H2,1H3,(H,20,22)(H,23,24)(H2,19,21,25). The van der Waals surface area contributed by atoms with Crippen LogP contribution in [0.2, 0.25) is 0 Å². The number of hydrogen-bond acceptors (Lipinski definition) is 4. The normalized spacial score (nSPS) is 17.0. The SMILES string of the molecule is CC(O)(CNC(=O)Nc1ccc(C(=O)NC2CCCCC2)cc1)C(=O)O. The quantitative estimate of drug-likeness (QED) is 0.526. The molecule has 2 rings (SSSR count). The van der Waals surface area contributed by atoms with Crippen LogP contribution in [0, 0.1) is 0 Å². The Labute approximate surface area is 152 Å². The number of aliphatic carboxylic acids is 1. The zero-order valence-corrected chi connectivity index (χ0v) is 14.7. The maximum Gasteiger partial charge on any atom is 0.337 e. The van der Waals surface area contributed by atoms with Gasteiger partial charge in [0.25, 0.3) is 5.91 Å². The molecule has 1 unspecified atom stereocenters. The van der Waals surface area contributed by atoms with E-state index < -0.39 is 24.1 Å². The lowest BCUT2D eigenvalue weighted by atomic mass is 9.95. The van der Waals surface area contributed by atoms with Crippen molar-refractivity contribution in [2.24, 2.45) is 0 Å². The fourth-order valence-corrected chi connectivity index (χ4v) is 2.72. The Morgan fingerprint density at radius 1 is 1.12 bits per heavy atom. The first-order chi connectivity index (χ1) is 12.3. The van der Waals surface area contributed by atoms with E-state index in [1.165, 1.54) is 6.42 Å². The van der Waals surface area contributed by atoms with Crippen LogP contribution in [0.25, 0.3) is 0 Å². The first-order valence-corrected chi connectivity index (χ1v) is 8.69. The van der Waals surface area contributed by atoms with Gasteiger partial charge in [0.05, 0.1) is 6.54 Å². The molecule has 5 N–H and O–H groups in total. The molecule has 1 fully saturated rings. The second kappa shape index (κ2) is 8.66. The minimum absolute atomic E-state index is 0.134. The molecule has 1 aromatic carbocycles. The lowest BCUT2D eigenvalue weighted by molar-refractivity contribution is -0.155. The van der Waals surface area contributed by atoms with Crippen molar-refractivity contribution in [3.8, 4) is 0 Å². The summed E-state index contributed by atoms with van der Waals surface area (Å²) in [4.78, 5) is 34.8. The topological polar surface area (TPSA) is 128 Å². The minimum atomic E-state index is -2.04. The summed E-state index contributed by atoms with van der Waals surface area (Å²) in [6.07, 6.45) is 5.50. The van der Waals surface area contributed by atoms with Gasteiger partial charge in [-0.05, 0) is 44.0 Å². The molecule has 26 heavy (non-hydrogen) atoms. The van der Waals surface area contributed by atoms with E-state index in [1.54, 1.807) is 24.3 Å². The summed E-state index contributed by atoms with van der Waals surface area (Å²) in [7, 11) is 0. The summed E-state index contributed by atoms with van der Waals surface area (Å²) in [5, 5.41) is 26.2. The molecule has 3 amide bonds. The van der Waals surface area contributed by atoms with E-state index in [4.69, 9.17) is 5.11 Å². The molecule has 142 valence electrons. The summed E-state index contributed by atoms with van der Waals surface area (Å²) < 4.78 is 0. The highest BCUT2D eigenvalue weighted by molar-refractivity contribution is 5.95. The number of benzene rings is 1. The summed E-state index contributed by atoms with van der Waals surface area (Å²) in [6, 6.07) is 5.98. The van der Waals surface area contributed by atoms with Gasteiger partial charge in [0.15, 0.2) is 5.60 Å². The number of nitrogens with one attached hydrogen (secondary N) is 3. The van der Waals surface area contributed by atoms with Crippen molar-refractivity contribution in [1.82, 2.24) is 10.6 Å². The molecule has 0 heterocycles. The smallest absolute Gasteiger partial charge is 0.337 e. The van der Waals surface area contributed by atoms with E-state index in [9.17, 15) is 19.5 Å². The number of aliphatic hydroxyl groups is 1. The van der Waals surface area contributed by atoms with E-state index in [2.05, 4.69) is 16.0 Å². The van der Waals surface area contributed by atoms with Crippen LogP contribution in [-0.4, -0.2) is 46.3 Å². The lowest BCUT2D eigenvalue weighted by Gasteiger charge is -2.22. The number of urea groups is 1. The van der Waals surface area contributed by atoms with E-state index in [-0.39, 0.29) is 11.9 Å². The maximum absolute atomic E-state index is 12.2. The van der Waals surface area contributed by atoms with Gasteiger partial charge in [0, 0.05) is 17.3 Å². The third-order valence-corrected chi connectivity index (χ3v) is 4.40. The average Bonchev–Trinajstić information content (AvgIpc) is 2.61. The van der Waals surface area contributed by atoms with Gasteiger partial charge in [-0.2, -0.15) is 0 Å². The van der Waals surface area contributed by atoms with Crippen LogP contribution in [0.1, 0.15) is 49.4 Å². The molecule has 0 bridgehead atoms. The highest BCUT2D eigenvalue weighted by atomic mass is 16.4. The fraction of sp³-hybridized carbons (Fsp3) is 0.500. The van der Waals surface area contributed by atoms with Gasteiger partial charge in [-0.3, -0.25) is 4.79 Å². The lowest BCUT2D eigenvalue weighted by Crippen LogP contribution is -2.47. The molecule has 0 aliphatic heterocycles. The Bertz CT molecular complexity index is 651. The largest absolute Gasteiger partial charge is 0.479 e. The predicted molar refractivity (Wildman–Crippen MR) is 96.1 cm³/mol. The van der Waals surface area contributed by atoms with E-state index in [1.807, 2.05) is 0 Å². The van der Waals surface area contributed by atoms with Gasteiger partial charge in [-0.1, -0.05) is 19.3 Å². The van der Waals surface area contributed by atoms with Gasteiger partial charge in [0.2, 0.25) is 0 Å². The van der Waals surface area contributed by atoms with Gasteiger partial charge >= 0.3 is 12.0 Å². The van der Waals surface area contributed by atoms with Gasteiger partial charge in [-0.25, -0.2) is 9.59 Å². The van der Waals surface area contributed by atoms with Crippen LogP contribution in [0.5, 0.6) is 0 Å². The second-order valence-electron chi connectivity index (χ2n) is 6.77. The molecular weight excluding hydrogens is 338 g/mol. The van der Waals surface area contributed by atoms with Crippen LogP contribution in [-0.2, 0) is 4.79 Å². The van der Waals surface area contributed by atoms with Gasteiger partial charge < -0.3 is 26.2 Å². The number of anilines is 1. The highest BCUT2D eigenvalue weighted by Gasteiger charge is 2.30. The Morgan fingerprint density at radius 3 is 2.31 bits per heavy atom. The van der Waals surface area contributed by atoms with Crippen LogP contribution in [0.15, 0.2) is 24.3 Å². The van der Waals surface area contributed by atoms with E-state index in [0.29, 0.717) is 11.3 Å². The molecule has 8 heteroatoms. The first-order valence-electron chi connectivity index (χ1n) is 8.69. The molecule has 0 spiro atoms. The summed E-state index contributed by atoms with van der Waals surface area (Å²) in [5.41, 5.74) is -1.08. The van der Waals surface area contributed by atoms with Crippen molar-refractivity contribution >= 4 is 23.6 Å². The van der Waals surface area contributed by atoms with Crippen LogP contribution >= 0.6 is 0 Å². The molecule has 0 aromatic heterocycles. The Kier molecular flexibility index (Phi) is 6.57. The zero-order valence-electron chi connectivity index (χ0n) is 14.7. The van der Waals surface area contributed by atoms with E-state index in [0.717, 1.165) is 32.6 Å². The third kappa shape index (κ3) is 5.73. The Balaban J connectivity index is 1.83. The number of carboxylic acids is 1. The van der Waals surface area contributed by atoms with Crippen molar-refractivity contribution in [2.45, 2.75) is 50.7 Å². The van der Waals surface area contributed by atoms with Crippen molar-refractivity contribution in [2.75, 3.05) is 11.9 Å². The molecular formula is C18H25N3O5. The zero-order chi connectivity index (χ0) is 19.2. The van der Waals surface area contributed by atoms with Crippen molar-refractivity contribution < 1.29 is 24.6 Å². The maximum atomic E-state index is 12.2. The molecule has 8 nitrogen and oxygen atoms in total. The monoisotopic (exact) mass is 363 g/mol. The molecule has 0 radical (unpaired) electrons. The van der Waals surface area contributed by atoms with E-state index >= 15 is 0 Å². The summed E-state index contributed by atoms with van der Waals surface area (Å²) >= 11 is 0. The van der Waals surface area contributed by atoms with Crippen LogP contribution in [0.4, 0.5) is 10.5 Å². The van der Waals surface area contributed by atoms with Gasteiger partial charge in [0.1, 0.15) is 0 Å². The third-order valence-electron chi connectivity index (χ3n) is 4.40. The van der Waals surface area contributed by atoms with Gasteiger partial charge in [-0.15, -0.1) is 0 Å². The van der Waals surface area contributed by atoms with Crippen LogP contribution < -0.4 is 16.0 Å². The number of amides is 3. The highest BCUT2D eigenvalue weighted by Crippen LogP contribution is 2.18. The minimum Gasteiger partial charge on any atom is -0.479 e. The Morgan fingerprint density at radius 2 is 1.73 bits per heavy atom. The number of hydrogen-bond donors (Lipinski definition) is 5. The molecule has 1 aliphatic carbocycles. The Hall–Kier alpha value is -2.61. The summed E-state index contributed by atoms with van der Waals surface area (Å²) in [6.45, 7) is 0.658. The fourth-order valence-electron chi connectivity index (χ4n) is 2.72. The number of rotatable bonds is 6. The van der Waals surface area contributed by atoms with Crippen molar-refractivity contribution in [3.63, 3.8) is 0 Å².